The van der Waals surface area contributed by atoms with Crippen molar-refractivity contribution in [2.24, 2.45) is 0 Å². The van der Waals surface area contributed by atoms with Crippen molar-refractivity contribution in [1.29, 1.82) is 0 Å². The molecule has 5 aromatic rings. The SMILES string of the molecule is CCc1ccc(-n2nc(C)c3c(C)cc(=O)n(Cc4cc(=O)n5ccccc5n4)c32)cc1. The Morgan fingerprint density at radius 3 is 2.47 bits per heavy atom. The number of fused-ring (bicyclic) bond motifs is 2. The van der Waals surface area contributed by atoms with Crippen LogP contribution in [0.1, 0.15) is 29.4 Å². The highest BCUT2D eigenvalue weighted by molar-refractivity contribution is 5.83. The van der Waals surface area contributed by atoms with Crippen molar-refractivity contribution in [1.82, 2.24) is 23.7 Å². The summed E-state index contributed by atoms with van der Waals surface area (Å²) in [5.41, 5.74) is 5.28. The zero-order valence-corrected chi connectivity index (χ0v) is 18.2. The zero-order valence-electron chi connectivity index (χ0n) is 18.2. The Labute approximate surface area is 184 Å². The van der Waals surface area contributed by atoms with E-state index < -0.39 is 0 Å². The molecule has 0 aliphatic rings. The van der Waals surface area contributed by atoms with Crippen molar-refractivity contribution >= 4 is 16.7 Å². The monoisotopic (exact) mass is 425 g/mol. The van der Waals surface area contributed by atoms with Crippen molar-refractivity contribution in [3.63, 3.8) is 0 Å². The molecule has 0 unspecified atom stereocenters. The van der Waals surface area contributed by atoms with E-state index in [0.29, 0.717) is 17.0 Å². The number of benzene rings is 1. The molecule has 0 saturated heterocycles. The number of hydrogen-bond acceptors (Lipinski definition) is 4. The molecule has 0 saturated carbocycles. The highest BCUT2D eigenvalue weighted by atomic mass is 16.1. The third kappa shape index (κ3) is 3.22. The third-order valence-electron chi connectivity index (χ3n) is 5.83. The van der Waals surface area contributed by atoms with E-state index in [1.54, 1.807) is 29.0 Å². The van der Waals surface area contributed by atoms with E-state index in [2.05, 4.69) is 24.0 Å². The summed E-state index contributed by atoms with van der Waals surface area (Å²) in [6.07, 6.45) is 2.63. The van der Waals surface area contributed by atoms with Crippen LogP contribution in [0.4, 0.5) is 0 Å². The molecule has 4 heterocycles. The maximum atomic E-state index is 13.1. The lowest BCUT2D eigenvalue weighted by molar-refractivity contribution is 0.732. The molecular formula is C25H23N5O2. The lowest BCUT2D eigenvalue weighted by atomic mass is 10.1. The average molecular weight is 425 g/mol. The second kappa shape index (κ2) is 7.60. The van der Waals surface area contributed by atoms with Crippen LogP contribution < -0.4 is 11.1 Å². The fourth-order valence-corrected chi connectivity index (χ4v) is 4.22. The van der Waals surface area contributed by atoms with Crippen LogP contribution in [0.3, 0.4) is 0 Å². The van der Waals surface area contributed by atoms with Gasteiger partial charge in [0.1, 0.15) is 11.3 Å². The Morgan fingerprint density at radius 2 is 1.72 bits per heavy atom. The summed E-state index contributed by atoms with van der Waals surface area (Å²) < 4.78 is 4.95. The van der Waals surface area contributed by atoms with Crippen molar-refractivity contribution in [2.45, 2.75) is 33.7 Å². The summed E-state index contributed by atoms with van der Waals surface area (Å²) in [7, 11) is 0. The summed E-state index contributed by atoms with van der Waals surface area (Å²) in [6.45, 7) is 6.16. The fourth-order valence-electron chi connectivity index (χ4n) is 4.22. The van der Waals surface area contributed by atoms with E-state index in [9.17, 15) is 9.59 Å². The van der Waals surface area contributed by atoms with Gasteiger partial charge in [0.15, 0.2) is 0 Å². The quantitative estimate of drug-likeness (QED) is 0.442. The molecule has 0 amide bonds. The van der Waals surface area contributed by atoms with Gasteiger partial charge in [0.25, 0.3) is 11.1 Å². The smallest absolute Gasteiger partial charge is 0.258 e. The summed E-state index contributed by atoms with van der Waals surface area (Å²) in [4.78, 5) is 30.3. The lowest BCUT2D eigenvalue weighted by Crippen LogP contribution is -2.24. The van der Waals surface area contributed by atoms with Crippen LogP contribution in [0, 0.1) is 13.8 Å². The second-order valence-corrected chi connectivity index (χ2v) is 7.98. The standard InChI is InChI=1S/C25H23N5O2/c1-4-18-8-10-20(11-9-18)30-25-24(17(3)27-30)16(2)13-22(31)29(25)15-19-14-23(32)28-12-6-5-7-21(28)26-19/h5-14H,4,15H2,1-3H3. The molecule has 160 valence electrons. The number of rotatable bonds is 4. The summed E-state index contributed by atoms with van der Waals surface area (Å²) in [5.74, 6) is 0. The van der Waals surface area contributed by atoms with Gasteiger partial charge < -0.3 is 0 Å². The molecule has 0 aliphatic carbocycles. The Morgan fingerprint density at radius 1 is 0.938 bits per heavy atom. The van der Waals surface area contributed by atoms with E-state index in [4.69, 9.17) is 5.10 Å². The molecule has 0 radical (unpaired) electrons. The van der Waals surface area contributed by atoms with Gasteiger partial charge in [-0.05, 0) is 55.7 Å². The minimum Gasteiger partial charge on any atom is -0.286 e. The molecule has 0 atom stereocenters. The fraction of sp³-hybridized carbons (Fsp3) is 0.200. The van der Waals surface area contributed by atoms with Gasteiger partial charge in [-0.15, -0.1) is 0 Å². The minimum absolute atomic E-state index is 0.156. The van der Waals surface area contributed by atoms with Gasteiger partial charge in [-0.2, -0.15) is 5.10 Å². The predicted molar refractivity (Wildman–Crippen MR) is 125 cm³/mol. The van der Waals surface area contributed by atoms with Gasteiger partial charge in [-0.3, -0.25) is 18.6 Å². The lowest BCUT2D eigenvalue weighted by Gasteiger charge is -2.13. The molecular weight excluding hydrogens is 402 g/mol. The van der Waals surface area contributed by atoms with Crippen LogP contribution in [0.2, 0.25) is 0 Å². The van der Waals surface area contributed by atoms with Crippen molar-refractivity contribution < 1.29 is 0 Å². The second-order valence-electron chi connectivity index (χ2n) is 7.98. The largest absolute Gasteiger partial charge is 0.286 e. The van der Waals surface area contributed by atoms with Crippen molar-refractivity contribution in [2.75, 3.05) is 0 Å². The van der Waals surface area contributed by atoms with Crippen LogP contribution in [-0.2, 0) is 13.0 Å². The molecule has 5 rings (SSSR count). The van der Waals surface area contributed by atoms with E-state index in [-0.39, 0.29) is 17.7 Å². The number of nitrogens with zero attached hydrogens (tertiary/aromatic N) is 5. The summed E-state index contributed by atoms with van der Waals surface area (Å²) in [6, 6.07) is 16.7. The van der Waals surface area contributed by atoms with Crippen LogP contribution in [0.15, 0.2) is 70.4 Å². The van der Waals surface area contributed by atoms with Gasteiger partial charge in [-0.25, -0.2) is 9.67 Å². The number of aryl methyl sites for hydroxylation is 3. The third-order valence-corrected chi connectivity index (χ3v) is 5.83. The van der Waals surface area contributed by atoms with Crippen LogP contribution >= 0.6 is 0 Å². The molecule has 0 spiro atoms. The Balaban J connectivity index is 1.74. The van der Waals surface area contributed by atoms with E-state index in [1.807, 2.05) is 36.7 Å². The molecule has 0 bridgehead atoms. The molecule has 4 aromatic heterocycles. The summed E-state index contributed by atoms with van der Waals surface area (Å²) >= 11 is 0. The zero-order chi connectivity index (χ0) is 22.4. The summed E-state index contributed by atoms with van der Waals surface area (Å²) in [5, 5.41) is 5.69. The number of pyridine rings is 2. The first kappa shape index (κ1) is 19.9. The molecule has 7 nitrogen and oxygen atoms in total. The average Bonchev–Trinajstić information content (AvgIpc) is 3.14. The van der Waals surface area contributed by atoms with Crippen molar-refractivity contribution in [3.05, 3.63) is 104 Å². The topological polar surface area (TPSA) is 74.2 Å². The maximum absolute atomic E-state index is 13.1. The normalized spacial score (nSPS) is 11.5. The molecule has 1 aromatic carbocycles. The van der Waals surface area contributed by atoms with Crippen LogP contribution in [0.5, 0.6) is 0 Å². The number of aromatic nitrogens is 5. The molecule has 0 aliphatic heterocycles. The predicted octanol–water partition coefficient (Wildman–Crippen LogP) is 3.42. The van der Waals surface area contributed by atoms with Gasteiger partial charge in [0.2, 0.25) is 0 Å². The molecule has 32 heavy (non-hydrogen) atoms. The Kier molecular flexibility index (Phi) is 4.74. The van der Waals surface area contributed by atoms with Crippen LogP contribution in [-0.4, -0.2) is 23.7 Å². The van der Waals surface area contributed by atoms with Gasteiger partial charge in [-0.1, -0.05) is 25.1 Å². The minimum atomic E-state index is -0.179. The maximum Gasteiger partial charge on any atom is 0.258 e. The van der Waals surface area contributed by atoms with E-state index in [1.165, 1.54) is 16.0 Å². The molecule has 7 heteroatoms. The Bertz CT molecular complexity index is 1590. The molecule has 0 fully saturated rings. The first-order valence-electron chi connectivity index (χ1n) is 10.6. The van der Waals surface area contributed by atoms with E-state index in [0.717, 1.165) is 28.8 Å². The highest BCUT2D eigenvalue weighted by Crippen LogP contribution is 2.24. The molecule has 0 N–H and O–H groups in total. The van der Waals surface area contributed by atoms with Gasteiger partial charge >= 0.3 is 0 Å². The van der Waals surface area contributed by atoms with Gasteiger partial charge in [0, 0.05) is 23.7 Å². The number of hydrogen-bond donors (Lipinski definition) is 0. The van der Waals surface area contributed by atoms with Crippen LogP contribution in [0.25, 0.3) is 22.4 Å². The van der Waals surface area contributed by atoms with E-state index >= 15 is 0 Å². The first-order chi connectivity index (χ1) is 15.5. The van der Waals surface area contributed by atoms with Gasteiger partial charge in [0.05, 0.1) is 23.6 Å². The Hall–Kier alpha value is -4.00. The highest BCUT2D eigenvalue weighted by Gasteiger charge is 2.18. The van der Waals surface area contributed by atoms with Crippen molar-refractivity contribution in [3.8, 4) is 5.69 Å². The first-order valence-corrected chi connectivity index (χ1v) is 10.6.